The van der Waals surface area contributed by atoms with Gasteiger partial charge in [-0.05, 0) is 18.1 Å². The van der Waals surface area contributed by atoms with E-state index in [2.05, 4.69) is 6.92 Å². The van der Waals surface area contributed by atoms with Gasteiger partial charge in [0.2, 0.25) is 0 Å². The van der Waals surface area contributed by atoms with Crippen LogP contribution in [0.4, 0.5) is 0 Å². The summed E-state index contributed by atoms with van der Waals surface area (Å²) in [6.45, 7) is 2.49. The summed E-state index contributed by atoms with van der Waals surface area (Å²) in [5.41, 5.74) is 0.855. The second-order valence-electron chi connectivity index (χ2n) is 6.73. The van der Waals surface area contributed by atoms with Crippen LogP contribution in [0.5, 0.6) is 0 Å². The molecule has 0 fully saturated rings. The number of benzene rings is 3. The molecule has 0 unspecified atom stereocenters. The number of carbonyl (C=O) groups is 1. The molecule has 3 aromatic rings. The van der Waals surface area contributed by atoms with Crippen LogP contribution in [0.25, 0.3) is 6.08 Å². The standard InChI is InChI=1S/C25H25O3P/c1-2-3-20-28-25(26)19-16-21-14-17-24(18-15-21)29(27,22-10-6-4-7-11-22)23-12-8-5-9-13-23/h4-19H,2-3,20H2,1H3/b19-16+. The van der Waals surface area contributed by atoms with Crippen molar-refractivity contribution in [3.05, 3.63) is 96.6 Å². The Morgan fingerprint density at radius 1 is 0.828 bits per heavy atom. The van der Waals surface area contributed by atoms with Gasteiger partial charge in [-0.15, -0.1) is 0 Å². The molecule has 148 valence electrons. The molecule has 0 aromatic heterocycles. The first-order valence-electron chi connectivity index (χ1n) is 9.81. The number of ether oxygens (including phenoxy) is 1. The molecule has 0 saturated carbocycles. The van der Waals surface area contributed by atoms with Crippen LogP contribution < -0.4 is 15.9 Å². The second-order valence-corrected chi connectivity index (χ2v) is 9.49. The van der Waals surface area contributed by atoms with E-state index < -0.39 is 7.14 Å². The van der Waals surface area contributed by atoms with Crippen LogP contribution in [-0.2, 0) is 14.1 Å². The lowest BCUT2D eigenvalue weighted by molar-refractivity contribution is -0.137. The molecular formula is C25H25O3P. The van der Waals surface area contributed by atoms with Crippen LogP contribution in [0.15, 0.2) is 91.0 Å². The van der Waals surface area contributed by atoms with Gasteiger partial charge in [0.15, 0.2) is 7.14 Å². The van der Waals surface area contributed by atoms with Crippen molar-refractivity contribution in [3.63, 3.8) is 0 Å². The Morgan fingerprint density at radius 3 is 1.86 bits per heavy atom. The quantitative estimate of drug-likeness (QED) is 0.237. The monoisotopic (exact) mass is 404 g/mol. The second kappa shape index (κ2) is 10.0. The third kappa shape index (κ3) is 5.13. The first-order valence-corrected chi connectivity index (χ1v) is 11.5. The van der Waals surface area contributed by atoms with Crippen LogP contribution in [-0.4, -0.2) is 12.6 Å². The van der Waals surface area contributed by atoms with Crippen molar-refractivity contribution in [3.8, 4) is 0 Å². The number of rotatable bonds is 8. The third-order valence-electron chi connectivity index (χ3n) is 4.65. The van der Waals surface area contributed by atoms with Gasteiger partial charge >= 0.3 is 5.97 Å². The van der Waals surface area contributed by atoms with Gasteiger partial charge in [-0.25, -0.2) is 4.79 Å². The summed E-state index contributed by atoms with van der Waals surface area (Å²) in [6, 6.07) is 26.6. The summed E-state index contributed by atoms with van der Waals surface area (Å²) < 4.78 is 19.4. The summed E-state index contributed by atoms with van der Waals surface area (Å²) in [7, 11) is -2.97. The Balaban J connectivity index is 1.87. The lowest BCUT2D eigenvalue weighted by Gasteiger charge is -2.20. The summed E-state index contributed by atoms with van der Waals surface area (Å²) in [4.78, 5) is 11.7. The first kappa shape index (κ1) is 20.8. The predicted octanol–water partition coefficient (Wildman–Crippen LogP) is 4.68. The molecule has 0 spiro atoms. The van der Waals surface area contributed by atoms with Crippen molar-refractivity contribution in [1.82, 2.24) is 0 Å². The molecule has 0 saturated heterocycles. The minimum Gasteiger partial charge on any atom is -0.463 e. The van der Waals surface area contributed by atoms with Crippen LogP contribution in [0.2, 0.25) is 0 Å². The van der Waals surface area contributed by atoms with Gasteiger partial charge in [-0.2, -0.15) is 0 Å². The van der Waals surface area contributed by atoms with E-state index in [4.69, 9.17) is 4.74 Å². The summed E-state index contributed by atoms with van der Waals surface area (Å²) in [6.07, 6.45) is 5.00. The molecule has 0 N–H and O–H groups in total. The Labute approximate surface area is 172 Å². The highest BCUT2D eigenvalue weighted by Gasteiger charge is 2.29. The fourth-order valence-electron chi connectivity index (χ4n) is 3.05. The molecule has 0 radical (unpaired) electrons. The fraction of sp³-hybridized carbons (Fsp3) is 0.160. The molecule has 3 nitrogen and oxygen atoms in total. The third-order valence-corrected chi connectivity index (χ3v) is 7.73. The van der Waals surface area contributed by atoms with Gasteiger partial charge in [0, 0.05) is 22.0 Å². The van der Waals surface area contributed by atoms with E-state index in [9.17, 15) is 9.36 Å². The average molecular weight is 404 g/mol. The molecule has 3 rings (SSSR count). The zero-order valence-electron chi connectivity index (χ0n) is 16.5. The summed E-state index contributed by atoms with van der Waals surface area (Å²) in [5, 5.41) is 2.36. The highest BCUT2D eigenvalue weighted by molar-refractivity contribution is 7.85. The van der Waals surface area contributed by atoms with E-state index in [1.165, 1.54) is 6.08 Å². The van der Waals surface area contributed by atoms with Crippen molar-refractivity contribution in [2.24, 2.45) is 0 Å². The number of hydrogen-bond donors (Lipinski definition) is 0. The average Bonchev–Trinajstić information content (AvgIpc) is 2.79. The summed E-state index contributed by atoms with van der Waals surface area (Å²) in [5.74, 6) is -0.346. The van der Waals surface area contributed by atoms with Crippen molar-refractivity contribution in [2.75, 3.05) is 6.61 Å². The molecular weight excluding hydrogens is 379 g/mol. The first-order chi connectivity index (χ1) is 14.1. The smallest absolute Gasteiger partial charge is 0.330 e. The normalized spacial score (nSPS) is 11.5. The SMILES string of the molecule is CCCCOC(=O)/C=C/c1ccc(P(=O)(c2ccccc2)c2ccccc2)cc1. The molecule has 3 aromatic carbocycles. The van der Waals surface area contributed by atoms with Gasteiger partial charge in [0.05, 0.1) is 6.61 Å². The highest BCUT2D eigenvalue weighted by Crippen LogP contribution is 2.42. The lowest BCUT2D eigenvalue weighted by atomic mass is 10.2. The molecule has 0 heterocycles. The van der Waals surface area contributed by atoms with E-state index in [1.807, 2.05) is 84.9 Å². The van der Waals surface area contributed by atoms with Crippen LogP contribution in [0, 0.1) is 0 Å². The Kier molecular flexibility index (Phi) is 7.21. The molecule has 0 atom stereocenters. The summed E-state index contributed by atoms with van der Waals surface area (Å²) >= 11 is 0. The zero-order chi connectivity index (χ0) is 20.5. The van der Waals surface area contributed by atoms with Crippen molar-refractivity contribution < 1.29 is 14.1 Å². The Hall–Kier alpha value is -2.90. The molecule has 0 aliphatic heterocycles. The minimum absolute atomic E-state index is 0.346. The predicted molar refractivity (Wildman–Crippen MR) is 121 cm³/mol. The number of carbonyl (C=O) groups excluding carboxylic acids is 1. The van der Waals surface area contributed by atoms with Gasteiger partial charge in [0.25, 0.3) is 0 Å². The van der Waals surface area contributed by atoms with Gasteiger partial charge in [-0.3, -0.25) is 0 Å². The number of unbranched alkanes of at least 4 members (excludes halogenated alkanes) is 1. The van der Waals surface area contributed by atoms with E-state index in [0.29, 0.717) is 6.61 Å². The zero-order valence-corrected chi connectivity index (χ0v) is 17.4. The molecule has 0 amide bonds. The molecule has 4 heteroatoms. The van der Waals surface area contributed by atoms with Crippen molar-refractivity contribution >= 4 is 35.1 Å². The molecule has 0 aliphatic carbocycles. The van der Waals surface area contributed by atoms with Gasteiger partial charge in [0.1, 0.15) is 0 Å². The van der Waals surface area contributed by atoms with Gasteiger partial charge in [-0.1, -0.05) is 98.3 Å². The largest absolute Gasteiger partial charge is 0.463 e. The van der Waals surface area contributed by atoms with Crippen molar-refractivity contribution in [1.29, 1.82) is 0 Å². The van der Waals surface area contributed by atoms with Crippen molar-refractivity contribution in [2.45, 2.75) is 19.8 Å². The fourth-order valence-corrected chi connectivity index (χ4v) is 5.70. The van der Waals surface area contributed by atoms with Gasteiger partial charge < -0.3 is 9.30 Å². The lowest BCUT2D eigenvalue weighted by Crippen LogP contribution is -2.24. The van der Waals surface area contributed by atoms with E-state index >= 15 is 0 Å². The molecule has 0 aliphatic rings. The topological polar surface area (TPSA) is 43.4 Å². The maximum absolute atomic E-state index is 14.3. The highest BCUT2D eigenvalue weighted by atomic mass is 31.2. The Bertz CT molecular complexity index is 950. The number of esters is 1. The van der Waals surface area contributed by atoms with E-state index in [0.717, 1.165) is 34.3 Å². The molecule has 0 bridgehead atoms. The Morgan fingerprint density at radius 2 is 1.34 bits per heavy atom. The van der Waals surface area contributed by atoms with E-state index in [-0.39, 0.29) is 5.97 Å². The number of hydrogen-bond acceptors (Lipinski definition) is 3. The maximum atomic E-state index is 14.3. The minimum atomic E-state index is -2.97. The van der Waals surface area contributed by atoms with Crippen LogP contribution in [0.3, 0.4) is 0 Å². The van der Waals surface area contributed by atoms with Crippen LogP contribution >= 0.6 is 7.14 Å². The molecule has 29 heavy (non-hydrogen) atoms. The maximum Gasteiger partial charge on any atom is 0.330 e. The van der Waals surface area contributed by atoms with Crippen LogP contribution in [0.1, 0.15) is 25.3 Å². The van der Waals surface area contributed by atoms with E-state index in [1.54, 1.807) is 6.08 Å².